The second kappa shape index (κ2) is 29.8. The van der Waals surface area contributed by atoms with Crippen LogP contribution in [0.4, 0.5) is 0 Å². The van der Waals surface area contributed by atoms with E-state index in [1.54, 1.807) is 0 Å². The Balaban J connectivity index is 3.93. The van der Waals surface area contributed by atoms with Crippen LogP contribution in [0.5, 0.6) is 0 Å². The predicted octanol–water partition coefficient (Wildman–Crippen LogP) is 7.22. The molecule has 41 heavy (non-hydrogen) atoms. The fourth-order valence-electron chi connectivity index (χ4n) is 4.57. The van der Waals surface area contributed by atoms with Gasteiger partial charge in [-0.05, 0) is 77.0 Å². The Bertz CT molecular complexity index is 703. The average Bonchev–Trinajstić information content (AvgIpc) is 2.98. The predicted molar refractivity (Wildman–Crippen MR) is 173 cm³/mol. The minimum atomic E-state index is -1.29. The number of aliphatic hydroxyl groups excluding tert-OH is 4. The molecule has 0 heterocycles. The highest BCUT2D eigenvalue weighted by Crippen LogP contribution is 2.13. The largest absolute Gasteiger partial charge is 0.394 e. The summed E-state index contributed by atoms with van der Waals surface area (Å²) in [5, 5.41) is 43.1. The van der Waals surface area contributed by atoms with Crippen molar-refractivity contribution in [2.75, 3.05) is 6.61 Å². The van der Waals surface area contributed by atoms with E-state index in [1.807, 2.05) is 0 Å². The fraction of sp³-hybridized carbons (Fsp3) is 0.743. The van der Waals surface area contributed by atoms with E-state index < -0.39 is 36.9 Å². The summed E-state index contributed by atoms with van der Waals surface area (Å²) in [5.74, 6) is -0.613. The van der Waals surface area contributed by atoms with E-state index >= 15 is 0 Å². The maximum absolute atomic E-state index is 12.4. The van der Waals surface area contributed by atoms with Crippen molar-refractivity contribution in [3.63, 3.8) is 0 Å². The van der Waals surface area contributed by atoms with Crippen molar-refractivity contribution in [2.45, 2.75) is 160 Å². The molecule has 0 aromatic carbocycles. The van der Waals surface area contributed by atoms with Crippen LogP contribution in [-0.4, -0.2) is 57.3 Å². The van der Waals surface area contributed by atoms with Crippen molar-refractivity contribution in [1.82, 2.24) is 5.32 Å². The quantitative estimate of drug-likeness (QED) is 0.0498. The van der Waals surface area contributed by atoms with Crippen LogP contribution in [0.2, 0.25) is 0 Å². The van der Waals surface area contributed by atoms with Gasteiger partial charge in [-0.2, -0.15) is 0 Å². The lowest BCUT2D eigenvalue weighted by Crippen LogP contribution is -2.53. The van der Waals surface area contributed by atoms with Gasteiger partial charge in [0, 0.05) is 0 Å². The Labute approximate surface area is 251 Å². The molecule has 0 radical (unpaired) electrons. The molecule has 238 valence electrons. The first-order valence-corrected chi connectivity index (χ1v) is 16.5. The minimum absolute atomic E-state index is 0.345. The third kappa shape index (κ3) is 24.6. The fourth-order valence-corrected chi connectivity index (χ4v) is 4.57. The summed E-state index contributed by atoms with van der Waals surface area (Å²) < 4.78 is 0. The normalized spacial score (nSPS) is 15.4. The molecule has 0 aliphatic heterocycles. The highest BCUT2D eigenvalue weighted by molar-refractivity contribution is 5.80. The minimum Gasteiger partial charge on any atom is -0.394 e. The summed E-state index contributed by atoms with van der Waals surface area (Å²) in [6.07, 6.45) is 32.8. The van der Waals surface area contributed by atoms with E-state index in [1.165, 1.54) is 38.5 Å². The topological polar surface area (TPSA) is 110 Å². The second-order valence-corrected chi connectivity index (χ2v) is 11.1. The number of allylic oxidation sites excluding steroid dienone is 8. The molecule has 0 aromatic heterocycles. The molecule has 0 fully saturated rings. The van der Waals surface area contributed by atoms with Gasteiger partial charge in [-0.1, -0.05) is 107 Å². The van der Waals surface area contributed by atoms with Crippen molar-refractivity contribution in [1.29, 1.82) is 0 Å². The van der Waals surface area contributed by atoms with E-state index in [2.05, 4.69) is 67.8 Å². The number of carbonyl (C=O) groups is 1. The van der Waals surface area contributed by atoms with Crippen LogP contribution in [-0.2, 0) is 4.79 Å². The van der Waals surface area contributed by atoms with Crippen molar-refractivity contribution < 1.29 is 25.2 Å². The smallest absolute Gasteiger partial charge is 0.249 e. The zero-order valence-corrected chi connectivity index (χ0v) is 26.3. The number of hydrogen-bond donors (Lipinski definition) is 5. The summed E-state index contributed by atoms with van der Waals surface area (Å²) in [6, 6.07) is -1.01. The number of aliphatic hydroxyl groups is 4. The van der Waals surface area contributed by atoms with Crippen LogP contribution < -0.4 is 5.32 Å². The van der Waals surface area contributed by atoms with Crippen molar-refractivity contribution in [3.8, 4) is 0 Å². The van der Waals surface area contributed by atoms with Gasteiger partial charge in [0.15, 0.2) is 0 Å². The van der Waals surface area contributed by atoms with Gasteiger partial charge in [-0.15, -0.1) is 0 Å². The number of nitrogens with one attached hydrogen (secondary N) is 1. The first-order chi connectivity index (χ1) is 20.0. The van der Waals surface area contributed by atoms with Crippen LogP contribution in [0.25, 0.3) is 0 Å². The highest BCUT2D eigenvalue weighted by Gasteiger charge is 2.28. The maximum atomic E-state index is 12.4. The number of rotatable bonds is 28. The first kappa shape index (κ1) is 39.3. The van der Waals surface area contributed by atoms with E-state index in [4.69, 9.17) is 0 Å². The van der Waals surface area contributed by atoms with E-state index in [-0.39, 0.29) is 0 Å². The van der Waals surface area contributed by atoms with Crippen molar-refractivity contribution >= 4 is 5.91 Å². The van der Waals surface area contributed by atoms with Gasteiger partial charge >= 0.3 is 0 Å². The van der Waals surface area contributed by atoms with Gasteiger partial charge in [0.2, 0.25) is 5.91 Å². The second-order valence-electron chi connectivity index (χ2n) is 11.1. The molecule has 0 spiro atoms. The van der Waals surface area contributed by atoms with Crippen molar-refractivity contribution in [2.24, 2.45) is 0 Å². The molecule has 0 rings (SSSR count). The molecule has 0 bridgehead atoms. The molecular weight excluding hydrogens is 514 g/mol. The van der Waals surface area contributed by atoms with Gasteiger partial charge < -0.3 is 25.7 Å². The van der Waals surface area contributed by atoms with Crippen LogP contribution >= 0.6 is 0 Å². The van der Waals surface area contributed by atoms with Gasteiger partial charge in [-0.25, -0.2) is 0 Å². The maximum Gasteiger partial charge on any atom is 0.249 e. The Kier molecular flexibility index (Phi) is 28.5. The van der Waals surface area contributed by atoms with Crippen LogP contribution in [0.1, 0.15) is 136 Å². The Morgan fingerprint density at radius 2 is 1.17 bits per heavy atom. The van der Waals surface area contributed by atoms with Gasteiger partial charge in [-0.3, -0.25) is 4.79 Å². The molecule has 1 amide bonds. The third-order valence-electron chi connectivity index (χ3n) is 7.25. The van der Waals surface area contributed by atoms with Gasteiger partial charge in [0.1, 0.15) is 12.2 Å². The average molecular weight is 578 g/mol. The summed E-state index contributed by atoms with van der Waals surface area (Å²) in [4.78, 5) is 12.4. The first-order valence-electron chi connectivity index (χ1n) is 16.5. The number of amides is 1. The molecule has 5 N–H and O–H groups in total. The van der Waals surface area contributed by atoms with Gasteiger partial charge in [0.25, 0.3) is 0 Å². The molecule has 6 heteroatoms. The molecule has 0 aliphatic rings. The lowest BCUT2D eigenvalue weighted by Gasteiger charge is -2.27. The molecule has 0 aromatic rings. The van der Waals surface area contributed by atoms with Crippen LogP contribution in [0.3, 0.4) is 0 Å². The monoisotopic (exact) mass is 577 g/mol. The Morgan fingerprint density at radius 1 is 0.634 bits per heavy atom. The lowest BCUT2D eigenvalue weighted by atomic mass is 10.00. The lowest BCUT2D eigenvalue weighted by molar-refractivity contribution is -0.132. The molecule has 0 saturated carbocycles. The number of unbranched alkanes of at least 4 members (excludes halogenated alkanes) is 11. The zero-order valence-electron chi connectivity index (χ0n) is 26.3. The standard InChI is InChI=1S/C35H63NO5/c1-3-5-7-9-11-13-14-15-16-17-18-19-21-23-25-27-29-33(39)35(41)36-31(30-37)34(40)32(38)28-26-24-22-20-12-10-8-6-4-2/h6,8,11,13,15-16,20,22,31-34,37-40H,3-5,7,9-10,12,14,17-19,21,23-30H2,1-2H3,(H,36,41)/b8-6+,13-11-,16-15-,22-20+. The Morgan fingerprint density at radius 3 is 1.80 bits per heavy atom. The Hall–Kier alpha value is -1.73. The van der Waals surface area contributed by atoms with Crippen molar-refractivity contribution in [3.05, 3.63) is 48.6 Å². The van der Waals surface area contributed by atoms with E-state index in [0.29, 0.717) is 19.3 Å². The summed E-state index contributed by atoms with van der Waals surface area (Å²) in [6.45, 7) is 3.83. The molecule has 0 saturated heterocycles. The number of hydrogen-bond acceptors (Lipinski definition) is 5. The van der Waals surface area contributed by atoms with Gasteiger partial charge in [0.05, 0.1) is 18.8 Å². The van der Waals surface area contributed by atoms with E-state index in [9.17, 15) is 25.2 Å². The SMILES string of the molecule is CC/C=C/CC/C=C/CCCC(O)C(O)C(CO)NC(=O)C(O)CCCCCCCC/C=C\C/C=C\CCCCC. The summed E-state index contributed by atoms with van der Waals surface area (Å²) >= 11 is 0. The molecule has 0 aliphatic carbocycles. The van der Waals surface area contributed by atoms with Crippen LogP contribution in [0, 0.1) is 0 Å². The molecule has 4 unspecified atom stereocenters. The van der Waals surface area contributed by atoms with Crippen LogP contribution in [0.15, 0.2) is 48.6 Å². The van der Waals surface area contributed by atoms with E-state index in [0.717, 1.165) is 64.2 Å². The summed E-state index contributed by atoms with van der Waals surface area (Å²) in [7, 11) is 0. The molecular formula is C35H63NO5. The zero-order chi connectivity index (χ0) is 30.4. The highest BCUT2D eigenvalue weighted by atomic mass is 16.3. The third-order valence-corrected chi connectivity index (χ3v) is 7.25. The number of carbonyl (C=O) groups excluding carboxylic acids is 1. The molecule has 6 nitrogen and oxygen atoms in total. The molecule has 4 atom stereocenters. The summed E-state index contributed by atoms with van der Waals surface area (Å²) in [5.41, 5.74) is 0.